The number of piperazine rings is 1. The first kappa shape index (κ1) is 25.5. The van der Waals surface area contributed by atoms with Crippen LogP contribution in [0.15, 0.2) is 35.3 Å². The average Bonchev–Trinajstić information content (AvgIpc) is 2.68. The summed E-state index contributed by atoms with van der Waals surface area (Å²) in [5, 5.41) is 5.83. The second-order valence-corrected chi connectivity index (χ2v) is 6.73. The van der Waals surface area contributed by atoms with E-state index in [9.17, 15) is 18.0 Å². The number of guanidine groups is 1. The molecular formula is C19H29F3IN5O. The molecule has 164 valence electrons. The molecule has 1 amide bonds. The molecule has 1 atom stereocenters. The van der Waals surface area contributed by atoms with E-state index in [0.29, 0.717) is 38.7 Å². The highest BCUT2D eigenvalue weighted by atomic mass is 127. The molecule has 2 rings (SSSR count). The minimum atomic E-state index is -4.22. The van der Waals surface area contributed by atoms with Gasteiger partial charge in [-0.2, -0.15) is 13.2 Å². The average molecular weight is 527 g/mol. The number of halogens is 4. The van der Waals surface area contributed by atoms with Crippen LogP contribution in [0.5, 0.6) is 0 Å². The van der Waals surface area contributed by atoms with Crippen molar-refractivity contribution < 1.29 is 18.0 Å². The highest BCUT2D eigenvalue weighted by Crippen LogP contribution is 2.25. The zero-order valence-corrected chi connectivity index (χ0v) is 19.0. The topological polar surface area (TPSA) is 60.0 Å². The van der Waals surface area contributed by atoms with Gasteiger partial charge in [-0.3, -0.25) is 14.7 Å². The van der Waals surface area contributed by atoms with Gasteiger partial charge in [0.05, 0.1) is 6.54 Å². The van der Waals surface area contributed by atoms with E-state index in [1.54, 1.807) is 7.05 Å². The molecule has 1 saturated heterocycles. The number of hydrogen-bond acceptors (Lipinski definition) is 3. The highest BCUT2D eigenvalue weighted by Gasteiger charge is 2.41. The van der Waals surface area contributed by atoms with Crippen LogP contribution in [0.3, 0.4) is 0 Å². The maximum Gasteiger partial charge on any atom is 0.403 e. The van der Waals surface area contributed by atoms with Crippen LogP contribution in [-0.4, -0.2) is 80.2 Å². The Labute approximate surface area is 186 Å². The fourth-order valence-corrected chi connectivity index (χ4v) is 3.07. The molecule has 1 aromatic rings. The first-order valence-electron chi connectivity index (χ1n) is 9.38. The summed E-state index contributed by atoms with van der Waals surface area (Å²) in [7, 11) is 1.60. The number of nitrogens with one attached hydrogen (secondary N) is 2. The zero-order valence-electron chi connectivity index (χ0n) is 16.7. The van der Waals surface area contributed by atoms with Crippen LogP contribution in [0.4, 0.5) is 13.2 Å². The molecule has 0 aromatic heterocycles. The Bertz CT molecular complexity index is 649. The molecule has 29 heavy (non-hydrogen) atoms. The van der Waals surface area contributed by atoms with Gasteiger partial charge in [-0.1, -0.05) is 30.3 Å². The molecule has 1 aliphatic rings. The molecular weight excluding hydrogens is 498 g/mol. The Balaban J connectivity index is 0.00000420. The molecule has 0 spiro atoms. The summed E-state index contributed by atoms with van der Waals surface area (Å²) in [6, 6.07) is 8.41. The van der Waals surface area contributed by atoms with Gasteiger partial charge in [0.25, 0.3) is 0 Å². The number of rotatable bonds is 6. The van der Waals surface area contributed by atoms with Crippen molar-refractivity contribution in [1.82, 2.24) is 20.4 Å². The summed E-state index contributed by atoms with van der Waals surface area (Å²) in [6.45, 7) is 3.24. The van der Waals surface area contributed by atoms with Crippen molar-refractivity contribution in [1.29, 1.82) is 0 Å². The number of benzene rings is 1. The third kappa shape index (κ3) is 8.37. The Morgan fingerprint density at radius 3 is 2.31 bits per heavy atom. The quantitative estimate of drug-likeness (QED) is 0.338. The van der Waals surface area contributed by atoms with Crippen LogP contribution in [0, 0.1) is 0 Å². The van der Waals surface area contributed by atoms with E-state index in [-0.39, 0.29) is 36.4 Å². The van der Waals surface area contributed by atoms with E-state index in [2.05, 4.69) is 15.6 Å². The van der Waals surface area contributed by atoms with Crippen molar-refractivity contribution in [3.63, 3.8) is 0 Å². The predicted octanol–water partition coefficient (Wildman–Crippen LogP) is 2.11. The normalized spacial score (nSPS) is 16.7. The van der Waals surface area contributed by atoms with E-state index in [1.807, 2.05) is 35.2 Å². The summed E-state index contributed by atoms with van der Waals surface area (Å²) >= 11 is 0. The first-order chi connectivity index (χ1) is 13.3. The molecule has 0 bridgehead atoms. The minimum Gasteiger partial charge on any atom is -0.354 e. The van der Waals surface area contributed by atoms with E-state index >= 15 is 0 Å². The van der Waals surface area contributed by atoms with Crippen molar-refractivity contribution in [3.05, 3.63) is 35.9 Å². The van der Waals surface area contributed by atoms with Gasteiger partial charge < -0.3 is 15.5 Å². The molecule has 1 heterocycles. The second kappa shape index (κ2) is 12.2. The Hall–Kier alpha value is -1.56. The standard InChI is InChI=1S/C19H28F3N5O.HI/c1-15(19(20,21)22)26-10-12-27(13-11-26)18(23-2)25-14-17(28)24-9-8-16-6-4-3-5-7-16;/h3-7,15H,8-14H2,1-2H3,(H,23,25)(H,24,28);1H. The van der Waals surface area contributed by atoms with E-state index < -0.39 is 12.2 Å². The fourth-order valence-electron chi connectivity index (χ4n) is 3.07. The number of hydrogen-bond donors (Lipinski definition) is 2. The SMILES string of the molecule is CN=C(NCC(=O)NCCc1ccccc1)N1CCN(C(C)C(F)(F)F)CC1.I. The van der Waals surface area contributed by atoms with Crippen LogP contribution < -0.4 is 10.6 Å². The van der Waals surface area contributed by atoms with Crippen LogP contribution >= 0.6 is 24.0 Å². The maximum absolute atomic E-state index is 12.8. The van der Waals surface area contributed by atoms with E-state index in [4.69, 9.17) is 0 Å². The number of nitrogens with zero attached hydrogens (tertiary/aromatic N) is 3. The lowest BCUT2D eigenvalue weighted by molar-refractivity contribution is -0.181. The van der Waals surface area contributed by atoms with Gasteiger partial charge in [0.2, 0.25) is 5.91 Å². The van der Waals surface area contributed by atoms with Crippen LogP contribution in [0.2, 0.25) is 0 Å². The summed E-state index contributed by atoms with van der Waals surface area (Å²) in [6.07, 6.45) is -3.47. The fraction of sp³-hybridized carbons (Fsp3) is 0.579. The van der Waals surface area contributed by atoms with Gasteiger partial charge in [0, 0.05) is 39.8 Å². The number of carbonyl (C=O) groups excluding carboxylic acids is 1. The van der Waals surface area contributed by atoms with Gasteiger partial charge in [-0.25, -0.2) is 0 Å². The molecule has 10 heteroatoms. The summed E-state index contributed by atoms with van der Waals surface area (Å²) < 4.78 is 38.5. The molecule has 6 nitrogen and oxygen atoms in total. The van der Waals surface area contributed by atoms with E-state index in [1.165, 1.54) is 11.8 Å². The van der Waals surface area contributed by atoms with Gasteiger partial charge in [-0.15, -0.1) is 24.0 Å². The summed E-state index contributed by atoms with van der Waals surface area (Å²) in [4.78, 5) is 19.4. The van der Waals surface area contributed by atoms with Crippen LogP contribution in [0.25, 0.3) is 0 Å². The van der Waals surface area contributed by atoms with Gasteiger partial charge in [0.1, 0.15) is 6.04 Å². The molecule has 1 aliphatic heterocycles. The lowest BCUT2D eigenvalue weighted by atomic mass is 10.1. The van der Waals surface area contributed by atoms with Crippen molar-refractivity contribution in [2.45, 2.75) is 25.6 Å². The minimum absolute atomic E-state index is 0. The molecule has 0 radical (unpaired) electrons. The predicted molar refractivity (Wildman–Crippen MR) is 119 cm³/mol. The number of alkyl halides is 3. The monoisotopic (exact) mass is 527 g/mol. The summed E-state index contributed by atoms with van der Waals surface area (Å²) in [5.41, 5.74) is 1.15. The van der Waals surface area contributed by atoms with E-state index in [0.717, 1.165) is 12.0 Å². The van der Waals surface area contributed by atoms with Gasteiger partial charge in [0.15, 0.2) is 5.96 Å². The Morgan fingerprint density at radius 2 is 1.76 bits per heavy atom. The zero-order chi connectivity index (χ0) is 20.6. The summed E-state index contributed by atoms with van der Waals surface area (Å²) in [5.74, 6) is 0.374. The Kier molecular flexibility index (Phi) is 10.7. The molecule has 2 N–H and O–H groups in total. The molecule has 1 fully saturated rings. The molecule has 0 saturated carbocycles. The first-order valence-corrected chi connectivity index (χ1v) is 9.38. The molecule has 0 aliphatic carbocycles. The lowest BCUT2D eigenvalue weighted by Gasteiger charge is -2.39. The van der Waals surface area contributed by atoms with Crippen molar-refractivity contribution in [2.24, 2.45) is 4.99 Å². The third-order valence-corrected chi connectivity index (χ3v) is 4.83. The van der Waals surface area contributed by atoms with Crippen molar-refractivity contribution in [2.75, 3.05) is 46.3 Å². The van der Waals surface area contributed by atoms with Crippen LogP contribution in [-0.2, 0) is 11.2 Å². The highest BCUT2D eigenvalue weighted by molar-refractivity contribution is 14.0. The smallest absolute Gasteiger partial charge is 0.354 e. The molecule has 1 unspecified atom stereocenters. The maximum atomic E-state index is 12.8. The van der Waals surface area contributed by atoms with Gasteiger partial charge in [-0.05, 0) is 18.9 Å². The number of aliphatic imine (C=N–C) groups is 1. The Morgan fingerprint density at radius 1 is 1.14 bits per heavy atom. The third-order valence-electron chi connectivity index (χ3n) is 4.83. The van der Waals surface area contributed by atoms with Crippen molar-refractivity contribution >= 4 is 35.8 Å². The molecule has 1 aromatic carbocycles. The van der Waals surface area contributed by atoms with Crippen LogP contribution in [0.1, 0.15) is 12.5 Å². The number of amides is 1. The van der Waals surface area contributed by atoms with Crippen molar-refractivity contribution in [3.8, 4) is 0 Å². The number of carbonyl (C=O) groups is 1. The largest absolute Gasteiger partial charge is 0.403 e. The second-order valence-electron chi connectivity index (χ2n) is 6.73. The lowest BCUT2D eigenvalue weighted by Crippen LogP contribution is -2.57. The van der Waals surface area contributed by atoms with Gasteiger partial charge >= 0.3 is 6.18 Å².